The van der Waals surface area contributed by atoms with Crippen molar-refractivity contribution in [3.8, 4) is 28.7 Å². The molecule has 0 saturated heterocycles. The molecule has 4 rings (SSSR count). The van der Waals surface area contributed by atoms with E-state index >= 15 is 0 Å². The van der Waals surface area contributed by atoms with Gasteiger partial charge in [0.15, 0.2) is 11.5 Å². The average molecular weight is 414 g/mol. The standard InChI is InChI=1S/C26H27N3O2/c1-5-17-14-23(29-12-11-28-26(29)22(17)6-2)19-9-7-18(8-10-19)20-13-21(16-27)25(31-4)24(15-20)30-3/h6-10,13-15,17H,5,11-12H2,1-4H3/b22-6+/t17-/m0/s1. The van der Waals surface area contributed by atoms with Crippen LogP contribution in [0.1, 0.15) is 31.4 Å². The van der Waals surface area contributed by atoms with Gasteiger partial charge in [-0.05, 0) is 47.7 Å². The summed E-state index contributed by atoms with van der Waals surface area (Å²) in [5, 5.41) is 9.52. The quantitative estimate of drug-likeness (QED) is 0.669. The van der Waals surface area contributed by atoms with Gasteiger partial charge in [-0.3, -0.25) is 4.99 Å². The first-order chi connectivity index (χ1) is 15.1. The first kappa shape index (κ1) is 20.7. The fraction of sp³-hybridized carbons (Fsp3) is 0.308. The summed E-state index contributed by atoms with van der Waals surface area (Å²) in [4.78, 5) is 7.11. The molecule has 5 heteroatoms. The smallest absolute Gasteiger partial charge is 0.178 e. The second-order valence-electron chi connectivity index (χ2n) is 7.62. The van der Waals surface area contributed by atoms with E-state index in [1.165, 1.54) is 16.8 Å². The summed E-state index contributed by atoms with van der Waals surface area (Å²) in [7, 11) is 3.13. The molecule has 158 valence electrons. The molecule has 0 amide bonds. The molecule has 31 heavy (non-hydrogen) atoms. The van der Waals surface area contributed by atoms with Gasteiger partial charge in [0.1, 0.15) is 11.9 Å². The predicted molar refractivity (Wildman–Crippen MR) is 124 cm³/mol. The van der Waals surface area contributed by atoms with Crippen LogP contribution in [-0.2, 0) is 0 Å². The summed E-state index contributed by atoms with van der Waals surface area (Å²) in [6.45, 7) is 6.07. The molecule has 0 aromatic heterocycles. The fourth-order valence-electron chi connectivity index (χ4n) is 4.45. The highest BCUT2D eigenvalue weighted by Crippen LogP contribution is 2.38. The third-order valence-electron chi connectivity index (χ3n) is 6.01. The minimum atomic E-state index is 0.386. The molecule has 0 N–H and O–H groups in total. The van der Waals surface area contributed by atoms with Gasteiger partial charge in [0.2, 0.25) is 0 Å². The number of nitriles is 1. The van der Waals surface area contributed by atoms with Gasteiger partial charge in [-0.2, -0.15) is 5.26 Å². The summed E-state index contributed by atoms with van der Waals surface area (Å²) >= 11 is 0. The maximum atomic E-state index is 9.52. The number of nitrogens with zero attached hydrogens (tertiary/aromatic N) is 3. The Kier molecular flexibility index (Phi) is 5.81. The SMILES string of the molecule is C/C=C1/C2=NCCN2C(c2ccc(-c3cc(C#N)c(OC)c(OC)c3)cc2)=C[C@@H]1CC. The third-order valence-corrected chi connectivity index (χ3v) is 6.01. The summed E-state index contributed by atoms with van der Waals surface area (Å²) in [6.07, 6.45) is 5.63. The number of hydrogen-bond donors (Lipinski definition) is 0. The Morgan fingerprint density at radius 1 is 1.13 bits per heavy atom. The van der Waals surface area contributed by atoms with Gasteiger partial charge in [0, 0.05) is 18.2 Å². The van der Waals surface area contributed by atoms with E-state index in [1.807, 2.05) is 12.1 Å². The van der Waals surface area contributed by atoms with Crippen LogP contribution in [-0.4, -0.2) is 38.0 Å². The topological polar surface area (TPSA) is 57.9 Å². The van der Waals surface area contributed by atoms with Crippen molar-refractivity contribution in [3.05, 3.63) is 65.3 Å². The van der Waals surface area contributed by atoms with Gasteiger partial charge in [-0.25, -0.2) is 0 Å². The second kappa shape index (κ2) is 8.69. The van der Waals surface area contributed by atoms with E-state index in [4.69, 9.17) is 14.5 Å². The van der Waals surface area contributed by atoms with Crippen LogP contribution in [0.15, 0.2) is 59.1 Å². The van der Waals surface area contributed by atoms with E-state index < -0.39 is 0 Å². The molecule has 2 aromatic carbocycles. The van der Waals surface area contributed by atoms with E-state index in [0.717, 1.165) is 36.5 Å². The average Bonchev–Trinajstić information content (AvgIpc) is 3.31. The van der Waals surface area contributed by atoms with Crippen molar-refractivity contribution in [3.63, 3.8) is 0 Å². The Labute approximate surface area is 183 Å². The first-order valence-corrected chi connectivity index (χ1v) is 10.6. The highest BCUT2D eigenvalue weighted by molar-refractivity contribution is 6.06. The highest BCUT2D eigenvalue weighted by atomic mass is 16.5. The van der Waals surface area contributed by atoms with Crippen LogP contribution in [0.3, 0.4) is 0 Å². The van der Waals surface area contributed by atoms with Crippen LogP contribution in [0, 0.1) is 17.2 Å². The van der Waals surface area contributed by atoms with Crippen LogP contribution in [0.25, 0.3) is 16.8 Å². The lowest BCUT2D eigenvalue weighted by Gasteiger charge is -2.33. The number of rotatable bonds is 5. The minimum Gasteiger partial charge on any atom is -0.493 e. The van der Waals surface area contributed by atoms with Gasteiger partial charge in [-0.15, -0.1) is 0 Å². The molecule has 2 heterocycles. The number of amidine groups is 1. The van der Waals surface area contributed by atoms with Gasteiger partial charge in [0.05, 0.1) is 26.3 Å². The Bertz CT molecular complexity index is 1120. The number of hydrogen-bond acceptors (Lipinski definition) is 5. The predicted octanol–water partition coefficient (Wildman–Crippen LogP) is 5.28. The van der Waals surface area contributed by atoms with Crippen molar-refractivity contribution in [1.82, 2.24) is 4.90 Å². The zero-order chi connectivity index (χ0) is 22.0. The van der Waals surface area contributed by atoms with E-state index in [9.17, 15) is 5.26 Å². The van der Waals surface area contributed by atoms with Crippen molar-refractivity contribution in [2.45, 2.75) is 20.3 Å². The number of ether oxygens (including phenoxy) is 2. The highest BCUT2D eigenvalue weighted by Gasteiger charge is 2.32. The molecule has 2 aromatic rings. The van der Waals surface area contributed by atoms with E-state index in [2.05, 4.69) is 61.2 Å². The summed E-state index contributed by atoms with van der Waals surface area (Å²) in [5.74, 6) is 2.52. The Morgan fingerprint density at radius 3 is 2.48 bits per heavy atom. The molecule has 5 nitrogen and oxygen atoms in total. The molecule has 0 fully saturated rings. The van der Waals surface area contributed by atoms with Crippen molar-refractivity contribution >= 4 is 11.5 Å². The normalized spacial score (nSPS) is 18.9. The van der Waals surface area contributed by atoms with Crippen LogP contribution in [0.5, 0.6) is 11.5 Å². The zero-order valence-electron chi connectivity index (χ0n) is 18.5. The zero-order valence-corrected chi connectivity index (χ0v) is 18.5. The Hall–Kier alpha value is -3.52. The van der Waals surface area contributed by atoms with Crippen LogP contribution in [0.4, 0.5) is 0 Å². The summed E-state index contributed by atoms with van der Waals surface area (Å²) < 4.78 is 10.8. The third kappa shape index (κ3) is 3.59. The van der Waals surface area contributed by atoms with Crippen LogP contribution < -0.4 is 9.47 Å². The number of fused-ring (bicyclic) bond motifs is 1. The molecular weight excluding hydrogens is 386 g/mol. The fourth-order valence-corrected chi connectivity index (χ4v) is 4.45. The van der Waals surface area contributed by atoms with Crippen LogP contribution >= 0.6 is 0 Å². The molecule has 0 bridgehead atoms. The number of aliphatic imine (C=N–C) groups is 1. The molecule has 2 aliphatic heterocycles. The maximum absolute atomic E-state index is 9.52. The largest absolute Gasteiger partial charge is 0.493 e. The van der Waals surface area contributed by atoms with Crippen LogP contribution in [0.2, 0.25) is 0 Å². The van der Waals surface area contributed by atoms with Gasteiger partial charge in [-0.1, -0.05) is 43.3 Å². The molecule has 0 saturated carbocycles. The van der Waals surface area contributed by atoms with Gasteiger partial charge < -0.3 is 14.4 Å². The number of benzene rings is 2. The Balaban J connectivity index is 1.72. The monoisotopic (exact) mass is 413 g/mol. The van der Waals surface area contributed by atoms with E-state index in [1.54, 1.807) is 14.2 Å². The molecule has 2 aliphatic rings. The molecular formula is C26H27N3O2. The Morgan fingerprint density at radius 2 is 1.87 bits per heavy atom. The lowest BCUT2D eigenvalue weighted by molar-refractivity contribution is 0.354. The molecule has 0 spiro atoms. The molecule has 0 radical (unpaired) electrons. The van der Waals surface area contributed by atoms with Crippen molar-refractivity contribution in [1.29, 1.82) is 5.26 Å². The maximum Gasteiger partial charge on any atom is 0.178 e. The van der Waals surface area contributed by atoms with Crippen molar-refractivity contribution < 1.29 is 9.47 Å². The second-order valence-corrected chi connectivity index (χ2v) is 7.62. The lowest BCUT2D eigenvalue weighted by atomic mass is 9.88. The van der Waals surface area contributed by atoms with Crippen molar-refractivity contribution in [2.75, 3.05) is 27.3 Å². The molecule has 0 aliphatic carbocycles. The number of allylic oxidation sites excluding steroid dienone is 2. The van der Waals surface area contributed by atoms with E-state index in [-0.39, 0.29) is 0 Å². The first-order valence-electron chi connectivity index (χ1n) is 10.6. The van der Waals surface area contributed by atoms with E-state index in [0.29, 0.717) is 23.0 Å². The van der Waals surface area contributed by atoms with Gasteiger partial charge >= 0.3 is 0 Å². The number of methoxy groups -OCH3 is 2. The van der Waals surface area contributed by atoms with Gasteiger partial charge in [0.25, 0.3) is 0 Å². The summed E-state index contributed by atoms with van der Waals surface area (Å²) in [6, 6.07) is 14.4. The lowest BCUT2D eigenvalue weighted by Crippen LogP contribution is -2.33. The minimum absolute atomic E-state index is 0.386. The summed E-state index contributed by atoms with van der Waals surface area (Å²) in [5.41, 5.74) is 6.13. The molecule has 0 unspecified atom stereocenters. The van der Waals surface area contributed by atoms with Crippen molar-refractivity contribution in [2.24, 2.45) is 10.9 Å². The molecule has 1 atom stereocenters.